The van der Waals surface area contributed by atoms with E-state index in [9.17, 15) is 0 Å². The molecule has 2 nitrogen and oxygen atoms in total. The molecule has 1 aliphatic rings. The Balaban J connectivity index is 1.78. The summed E-state index contributed by atoms with van der Waals surface area (Å²) in [5, 5.41) is 3.60. The lowest BCUT2D eigenvalue weighted by Crippen LogP contribution is -2.41. The normalized spacial score (nSPS) is 23.2. The molecular formula is C14H21NOS. The molecule has 2 rings (SSSR count). The van der Waals surface area contributed by atoms with Crippen molar-refractivity contribution in [3.05, 3.63) is 29.8 Å². The number of thioether (sulfide) groups is 1. The summed E-state index contributed by atoms with van der Waals surface area (Å²) in [5.41, 5.74) is 1.42. The van der Waals surface area contributed by atoms with Crippen molar-refractivity contribution in [2.75, 3.05) is 25.7 Å². The highest BCUT2D eigenvalue weighted by atomic mass is 32.2. The van der Waals surface area contributed by atoms with Gasteiger partial charge in [0.1, 0.15) is 5.75 Å². The Morgan fingerprint density at radius 1 is 1.41 bits per heavy atom. The first-order valence-corrected chi connectivity index (χ1v) is 7.59. The van der Waals surface area contributed by atoms with Crippen molar-refractivity contribution in [2.24, 2.45) is 0 Å². The summed E-state index contributed by atoms with van der Waals surface area (Å²) in [4.78, 5) is 0. The number of ether oxygens (including phenoxy) is 1. The molecule has 0 heterocycles. The lowest BCUT2D eigenvalue weighted by Gasteiger charge is -2.36. The van der Waals surface area contributed by atoms with Crippen LogP contribution in [0.4, 0.5) is 0 Å². The van der Waals surface area contributed by atoms with Gasteiger partial charge in [-0.15, -0.1) is 0 Å². The third-order valence-electron chi connectivity index (χ3n) is 3.44. The van der Waals surface area contributed by atoms with Gasteiger partial charge in [-0.05, 0) is 42.7 Å². The lowest BCUT2D eigenvalue weighted by molar-refractivity contribution is 0.296. The maximum Gasteiger partial charge on any atom is 0.119 e. The highest BCUT2D eigenvalue weighted by Gasteiger charge is 2.29. The fraction of sp³-hybridized carbons (Fsp3) is 0.571. The van der Waals surface area contributed by atoms with Crippen LogP contribution >= 0.6 is 11.8 Å². The van der Waals surface area contributed by atoms with E-state index in [1.165, 1.54) is 24.2 Å². The second kappa shape index (κ2) is 6.31. The summed E-state index contributed by atoms with van der Waals surface area (Å²) in [6.07, 6.45) is 4.69. The van der Waals surface area contributed by atoms with Crippen molar-refractivity contribution in [1.29, 1.82) is 0 Å². The highest BCUT2D eigenvalue weighted by Crippen LogP contribution is 2.37. The van der Waals surface area contributed by atoms with Crippen molar-refractivity contribution in [3.8, 4) is 5.75 Å². The summed E-state index contributed by atoms with van der Waals surface area (Å²) in [5.74, 6) is 2.90. The molecule has 94 valence electrons. The fourth-order valence-electron chi connectivity index (χ4n) is 2.32. The first-order valence-electron chi connectivity index (χ1n) is 6.19. The molecule has 1 fully saturated rings. The summed E-state index contributed by atoms with van der Waals surface area (Å²) in [6, 6.07) is 9.20. The highest BCUT2D eigenvalue weighted by molar-refractivity contribution is 7.98. The van der Waals surface area contributed by atoms with E-state index < -0.39 is 0 Å². The largest absolute Gasteiger partial charge is 0.497 e. The number of benzene rings is 1. The van der Waals surface area contributed by atoms with Gasteiger partial charge in [-0.25, -0.2) is 0 Å². The molecule has 1 aliphatic carbocycles. The predicted molar refractivity (Wildman–Crippen MR) is 75.1 cm³/mol. The zero-order chi connectivity index (χ0) is 12.1. The minimum Gasteiger partial charge on any atom is -0.497 e. The second-order valence-corrected chi connectivity index (χ2v) is 5.57. The fourth-order valence-corrected chi connectivity index (χ4v) is 2.64. The van der Waals surface area contributed by atoms with Crippen LogP contribution < -0.4 is 10.1 Å². The number of hydrogen-bond donors (Lipinski definition) is 1. The Kier molecular flexibility index (Phi) is 4.75. The number of nitrogens with one attached hydrogen (secondary N) is 1. The van der Waals surface area contributed by atoms with Crippen LogP contribution in [0, 0.1) is 0 Å². The van der Waals surface area contributed by atoms with E-state index in [1.54, 1.807) is 7.11 Å². The Bertz CT molecular complexity index is 350. The maximum absolute atomic E-state index is 5.26. The molecule has 0 spiro atoms. The molecule has 0 atom stereocenters. The van der Waals surface area contributed by atoms with Crippen LogP contribution in [0.3, 0.4) is 0 Å². The zero-order valence-corrected chi connectivity index (χ0v) is 11.4. The molecule has 1 aromatic rings. The molecule has 1 saturated carbocycles. The van der Waals surface area contributed by atoms with Gasteiger partial charge in [-0.1, -0.05) is 12.1 Å². The van der Waals surface area contributed by atoms with E-state index in [0.717, 1.165) is 24.3 Å². The van der Waals surface area contributed by atoms with Gasteiger partial charge in [0.05, 0.1) is 7.11 Å². The molecule has 0 unspecified atom stereocenters. The van der Waals surface area contributed by atoms with E-state index >= 15 is 0 Å². The van der Waals surface area contributed by atoms with E-state index in [0.29, 0.717) is 0 Å². The van der Waals surface area contributed by atoms with E-state index in [1.807, 2.05) is 17.8 Å². The summed E-state index contributed by atoms with van der Waals surface area (Å²) in [6.45, 7) is 1.14. The molecule has 0 saturated heterocycles. The van der Waals surface area contributed by atoms with Crippen molar-refractivity contribution >= 4 is 11.8 Å². The molecule has 0 bridgehead atoms. The minimum absolute atomic E-state index is 0.719. The third-order valence-corrected chi connectivity index (χ3v) is 4.05. The maximum atomic E-state index is 5.26. The van der Waals surface area contributed by atoms with Crippen molar-refractivity contribution in [1.82, 2.24) is 5.32 Å². The van der Waals surface area contributed by atoms with E-state index in [-0.39, 0.29) is 0 Å². The number of rotatable bonds is 6. The SMILES string of the molecule is COc1cccc(C2CC(NCCSC)C2)c1. The van der Waals surface area contributed by atoms with Gasteiger partial charge >= 0.3 is 0 Å². The first kappa shape index (κ1) is 12.8. The van der Waals surface area contributed by atoms with Crippen LogP contribution in [0.1, 0.15) is 24.3 Å². The molecule has 0 aromatic heterocycles. The van der Waals surface area contributed by atoms with E-state index in [2.05, 4.69) is 29.8 Å². The van der Waals surface area contributed by atoms with Crippen molar-refractivity contribution in [3.63, 3.8) is 0 Å². The van der Waals surface area contributed by atoms with Crippen molar-refractivity contribution in [2.45, 2.75) is 24.8 Å². The molecule has 0 radical (unpaired) electrons. The Morgan fingerprint density at radius 3 is 2.94 bits per heavy atom. The molecular weight excluding hydrogens is 230 g/mol. The monoisotopic (exact) mass is 251 g/mol. The predicted octanol–water partition coefficient (Wildman–Crippen LogP) is 2.89. The standard InChI is InChI=1S/C14H21NOS/c1-16-14-5-3-4-11(10-14)12-8-13(9-12)15-6-7-17-2/h3-5,10,12-13,15H,6-9H2,1-2H3. The minimum atomic E-state index is 0.719. The molecule has 3 heteroatoms. The van der Waals surface area contributed by atoms with Crippen LogP contribution in [-0.4, -0.2) is 31.7 Å². The van der Waals surface area contributed by atoms with Crippen LogP contribution in [0.5, 0.6) is 5.75 Å². The molecule has 17 heavy (non-hydrogen) atoms. The molecule has 0 amide bonds. The van der Waals surface area contributed by atoms with Crippen LogP contribution in [0.25, 0.3) is 0 Å². The molecule has 1 aromatic carbocycles. The number of methoxy groups -OCH3 is 1. The van der Waals surface area contributed by atoms with Crippen molar-refractivity contribution < 1.29 is 4.74 Å². The Hall–Kier alpha value is -0.670. The molecule has 0 aliphatic heterocycles. The third kappa shape index (κ3) is 3.39. The van der Waals surface area contributed by atoms with Gasteiger partial charge in [0.25, 0.3) is 0 Å². The van der Waals surface area contributed by atoms with Gasteiger partial charge in [-0.2, -0.15) is 11.8 Å². The van der Waals surface area contributed by atoms with Crippen LogP contribution in [-0.2, 0) is 0 Å². The van der Waals surface area contributed by atoms with Gasteiger partial charge in [0.15, 0.2) is 0 Å². The Morgan fingerprint density at radius 2 is 2.24 bits per heavy atom. The van der Waals surface area contributed by atoms with E-state index in [4.69, 9.17) is 4.74 Å². The van der Waals surface area contributed by atoms with Gasteiger partial charge < -0.3 is 10.1 Å². The summed E-state index contributed by atoms with van der Waals surface area (Å²) < 4.78 is 5.26. The van der Waals surface area contributed by atoms with Gasteiger partial charge in [0, 0.05) is 18.3 Å². The smallest absolute Gasteiger partial charge is 0.119 e. The van der Waals surface area contributed by atoms with Crippen LogP contribution in [0.2, 0.25) is 0 Å². The summed E-state index contributed by atoms with van der Waals surface area (Å²) >= 11 is 1.90. The molecule has 1 N–H and O–H groups in total. The Labute approximate surface area is 108 Å². The lowest BCUT2D eigenvalue weighted by atomic mass is 9.76. The number of hydrogen-bond acceptors (Lipinski definition) is 3. The zero-order valence-electron chi connectivity index (χ0n) is 10.6. The average molecular weight is 251 g/mol. The quantitative estimate of drug-likeness (QED) is 0.786. The topological polar surface area (TPSA) is 21.3 Å². The van der Waals surface area contributed by atoms with Gasteiger partial charge in [0.2, 0.25) is 0 Å². The average Bonchev–Trinajstić information content (AvgIpc) is 2.32. The van der Waals surface area contributed by atoms with Gasteiger partial charge in [-0.3, -0.25) is 0 Å². The first-order chi connectivity index (χ1) is 8.33. The van der Waals surface area contributed by atoms with Crippen LogP contribution in [0.15, 0.2) is 24.3 Å². The summed E-state index contributed by atoms with van der Waals surface area (Å²) in [7, 11) is 1.73. The second-order valence-electron chi connectivity index (χ2n) is 4.59.